The fourth-order valence-electron chi connectivity index (χ4n) is 5.56. The van der Waals surface area contributed by atoms with Gasteiger partial charge < -0.3 is 28.7 Å². The Morgan fingerprint density at radius 1 is 0.769 bits per heavy atom. The van der Waals surface area contributed by atoms with Crippen molar-refractivity contribution < 1.29 is 23.7 Å². The summed E-state index contributed by atoms with van der Waals surface area (Å²) in [6.45, 7) is 3.10. The number of amides is 1. The van der Waals surface area contributed by atoms with Crippen molar-refractivity contribution in [3.63, 3.8) is 0 Å². The highest BCUT2D eigenvalue weighted by molar-refractivity contribution is 5.93. The van der Waals surface area contributed by atoms with Crippen molar-refractivity contribution >= 4 is 5.91 Å². The van der Waals surface area contributed by atoms with Crippen LogP contribution in [0, 0.1) is 0 Å². The van der Waals surface area contributed by atoms with Crippen molar-refractivity contribution in [1.82, 2.24) is 9.80 Å². The molecule has 0 bridgehead atoms. The van der Waals surface area contributed by atoms with Crippen LogP contribution in [-0.2, 0) is 16.8 Å². The Morgan fingerprint density at radius 2 is 1.28 bits per heavy atom. The third-order valence-corrected chi connectivity index (χ3v) is 7.63. The molecule has 0 aromatic heterocycles. The van der Waals surface area contributed by atoms with Gasteiger partial charge in [-0.1, -0.05) is 24.3 Å². The zero-order valence-corrected chi connectivity index (χ0v) is 23.7. The lowest BCUT2D eigenvalue weighted by molar-refractivity contribution is -0.139. The van der Waals surface area contributed by atoms with E-state index in [2.05, 4.69) is 11.9 Å². The van der Waals surface area contributed by atoms with Gasteiger partial charge in [-0.2, -0.15) is 0 Å². The lowest BCUT2D eigenvalue weighted by Crippen LogP contribution is -2.52. The van der Waals surface area contributed by atoms with Gasteiger partial charge in [-0.05, 0) is 85.9 Å². The van der Waals surface area contributed by atoms with E-state index in [4.69, 9.17) is 18.9 Å². The zero-order chi connectivity index (χ0) is 27.8. The average Bonchev–Trinajstić information content (AvgIpc) is 2.98. The van der Waals surface area contributed by atoms with E-state index in [1.165, 1.54) is 0 Å². The Hall–Kier alpha value is -3.71. The van der Waals surface area contributed by atoms with Crippen molar-refractivity contribution in [3.8, 4) is 23.0 Å². The van der Waals surface area contributed by atoms with Crippen LogP contribution in [-0.4, -0.2) is 70.8 Å². The number of ether oxygens (including phenoxy) is 4. The van der Waals surface area contributed by atoms with Crippen molar-refractivity contribution in [2.24, 2.45) is 0 Å². The molecule has 0 unspecified atom stereocenters. The highest BCUT2D eigenvalue weighted by Gasteiger charge is 2.46. The van der Waals surface area contributed by atoms with Crippen LogP contribution in [0.4, 0.5) is 0 Å². The standard InChI is InChI=1S/C32H40N2O5/c1-33(23-24-20-29(38-4)22-30(21-24)39-5)17-7-19-34-18-6-16-32(31(34)35,25-8-12-27(36-2)13-9-25)26-10-14-28(37-3)15-11-26/h8-15,20-22H,6-7,16-19,23H2,1-5H3. The lowest BCUT2D eigenvalue weighted by Gasteiger charge is -2.43. The van der Waals surface area contributed by atoms with E-state index in [9.17, 15) is 4.79 Å². The molecular formula is C32H40N2O5. The first kappa shape index (κ1) is 28.3. The number of rotatable bonds is 12. The molecule has 0 aliphatic carbocycles. The monoisotopic (exact) mass is 532 g/mol. The highest BCUT2D eigenvalue weighted by Crippen LogP contribution is 2.42. The minimum Gasteiger partial charge on any atom is -0.497 e. The van der Waals surface area contributed by atoms with E-state index >= 15 is 0 Å². The molecular weight excluding hydrogens is 492 g/mol. The van der Waals surface area contributed by atoms with E-state index in [1.807, 2.05) is 71.6 Å². The molecule has 1 heterocycles. The number of likely N-dealkylation sites (tertiary alicyclic amines) is 1. The number of hydrogen-bond acceptors (Lipinski definition) is 6. The molecule has 1 fully saturated rings. The van der Waals surface area contributed by atoms with Gasteiger partial charge in [0.15, 0.2) is 0 Å². The van der Waals surface area contributed by atoms with Crippen LogP contribution < -0.4 is 18.9 Å². The Balaban J connectivity index is 1.49. The van der Waals surface area contributed by atoms with Gasteiger partial charge in [0.05, 0.1) is 33.9 Å². The van der Waals surface area contributed by atoms with Gasteiger partial charge in [0.1, 0.15) is 23.0 Å². The third-order valence-electron chi connectivity index (χ3n) is 7.63. The normalized spacial score (nSPS) is 14.8. The summed E-state index contributed by atoms with van der Waals surface area (Å²) < 4.78 is 21.6. The molecule has 0 saturated carbocycles. The second-order valence-electron chi connectivity index (χ2n) is 10.1. The molecule has 1 amide bonds. The average molecular weight is 533 g/mol. The maximum Gasteiger partial charge on any atom is 0.237 e. The predicted molar refractivity (Wildman–Crippen MR) is 153 cm³/mol. The van der Waals surface area contributed by atoms with Crippen molar-refractivity contribution in [1.29, 1.82) is 0 Å². The van der Waals surface area contributed by atoms with Crippen LogP contribution >= 0.6 is 0 Å². The molecule has 208 valence electrons. The number of hydrogen-bond donors (Lipinski definition) is 0. The van der Waals surface area contributed by atoms with Crippen LogP contribution in [0.2, 0.25) is 0 Å². The Morgan fingerprint density at radius 3 is 1.77 bits per heavy atom. The number of nitrogens with zero attached hydrogens (tertiary/aromatic N) is 2. The molecule has 3 aromatic carbocycles. The summed E-state index contributed by atoms with van der Waals surface area (Å²) in [4.78, 5) is 18.6. The topological polar surface area (TPSA) is 60.5 Å². The number of methoxy groups -OCH3 is 4. The first-order chi connectivity index (χ1) is 18.9. The number of carbonyl (C=O) groups excluding carboxylic acids is 1. The summed E-state index contributed by atoms with van der Waals surface area (Å²) in [5.74, 6) is 3.28. The fraction of sp³-hybridized carbons (Fsp3) is 0.406. The van der Waals surface area contributed by atoms with Gasteiger partial charge in [-0.25, -0.2) is 0 Å². The summed E-state index contributed by atoms with van der Waals surface area (Å²) in [5.41, 5.74) is 2.38. The summed E-state index contributed by atoms with van der Waals surface area (Å²) in [6.07, 6.45) is 2.58. The molecule has 1 aliphatic rings. The van der Waals surface area contributed by atoms with Gasteiger partial charge >= 0.3 is 0 Å². The fourth-order valence-corrected chi connectivity index (χ4v) is 5.56. The number of benzene rings is 3. The molecule has 0 radical (unpaired) electrons. The minimum absolute atomic E-state index is 0.157. The SMILES string of the molecule is COc1ccc(C2(c3ccc(OC)cc3)CCCN(CCCN(C)Cc3cc(OC)cc(OC)c3)C2=O)cc1. The van der Waals surface area contributed by atoms with E-state index < -0.39 is 5.41 Å². The molecule has 7 heteroatoms. The van der Waals surface area contributed by atoms with Crippen LogP contribution in [0.5, 0.6) is 23.0 Å². The summed E-state index contributed by atoms with van der Waals surface area (Å²) in [7, 11) is 8.74. The molecule has 1 aliphatic heterocycles. The van der Waals surface area contributed by atoms with Crippen molar-refractivity contribution in [2.45, 2.75) is 31.2 Å². The Bertz CT molecular complexity index is 1160. The Labute approximate surface area is 232 Å². The molecule has 39 heavy (non-hydrogen) atoms. The summed E-state index contributed by atoms with van der Waals surface area (Å²) in [6, 6.07) is 21.8. The first-order valence-corrected chi connectivity index (χ1v) is 13.4. The van der Waals surface area contributed by atoms with Crippen LogP contribution in [0.3, 0.4) is 0 Å². The molecule has 3 aromatic rings. The number of piperidine rings is 1. The van der Waals surface area contributed by atoms with E-state index in [-0.39, 0.29) is 5.91 Å². The second kappa shape index (κ2) is 12.9. The molecule has 0 spiro atoms. The van der Waals surface area contributed by atoms with Crippen molar-refractivity contribution in [3.05, 3.63) is 83.4 Å². The van der Waals surface area contributed by atoms with Gasteiger partial charge in [0, 0.05) is 25.7 Å². The smallest absolute Gasteiger partial charge is 0.237 e. The van der Waals surface area contributed by atoms with Crippen LogP contribution in [0.1, 0.15) is 36.0 Å². The second-order valence-corrected chi connectivity index (χ2v) is 10.1. The quantitative estimate of drug-likeness (QED) is 0.322. The van der Waals surface area contributed by atoms with Crippen LogP contribution in [0.25, 0.3) is 0 Å². The van der Waals surface area contributed by atoms with Gasteiger partial charge in [-0.3, -0.25) is 4.79 Å². The van der Waals surface area contributed by atoms with Crippen molar-refractivity contribution in [2.75, 3.05) is 55.1 Å². The molecule has 4 rings (SSSR count). The van der Waals surface area contributed by atoms with Gasteiger partial charge in [0.25, 0.3) is 0 Å². The largest absolute Gasteiger partial charge is 0.497 e. The minimum atomic E-state index is -0.736. The highest BCUT2D eigenvalue weighted by atomic mass is 16.5. The predicted octanol–water partition coefficient (Wildman–Crippen LogP) is 5.15. The maximum absolute atomic E-state index is 14.3. The summed E-state index contributed by atoms with van der Waals surface area (Å²) in [5, 5.41) is 0. The van der Waals surface area contributed by atoms with E-state index in [0.717, 1.165) is 78.6 Å². The number of carbonyl (C=O) groups is 1. The summed E-state index contributed by atoms with van der Waals surface area (Å²) >= 11 is 0. The molecule has 0 N–H and O–H groups in total. The lowest BCUT2D eigenvalue weighted by atomic mass is 9.68. The van der Waals surface area contributed by atoms with E-state index in [1.54, 1.807) is 28.4 Å². The van der Waals surface area contributed by atoms with Crippen LogP contribution in [0.15, 0.2) is 66.7 Å². The molecule has 7 nitrogen and oxygen atoms in total. The zero-order valence-electron chi connectivity index (χ0n) is 23.7. The Kier molecular flexibility index (Phi) is 9.36. The maximum atomic E-state index is 14.3. The molecule has 0 atom stereocenters. The molecule has 1 saturated heterocycles. The van der Waals surface area contributed by atoms with Gasteiger partial charge in [-0.15, -0.1) is 0 Å². The van der Waals surface area contributed by atoms with E-state index in [0.29, 0.717) is 6.54 Å². The third kappa shape index (κ3) is 6.31. The van der Waals surface area contributed by atoms with Gasteiger partial charge in [0.2, 0.25) is 5.91 Å². The first-order valence-electron chi connectivity index (χ1n) is 13.4.